The minimum absolute atomic E-state index is 0.0486. The second kappa shape index (κ2) is 7.80. The summed E-state index contributed by atoms with van der Waals surface area (Å²) in [7, 11) is 0. The van der Waals surface area contributed by atoms with Crippen molar-refractivity contribution >= 4 is 0 Å². The maximum atomic E-state index is 10.1. The zero-order valence-corrected chi connectivity index (χ0v) is 16.1. The second-order valence-corrected chi connectivity index (χ2v) is 9.41. The minimum Gasteiger partial charge on any atom is -0.504 e. The quantitative estimate of drug-likeness (QED) is 0.407. The lowest BCUT2D eigenvalue weighted by Crippen LogP contribution is -2.04. The van der Waals surface area contributed by atoms with E-state index in [1.54, 1.807) is 6.07 Å². The van der Waals surface area contributed by atoms with E-state index in [0.717, 1.165) is 36.8 Å². The van der Waals surface area contributed by atoms with Crippen LogP contribution in [-0.2, 0) is 12.8 Å². The van der Waals surface area contributed by atoms with Crippen LogP contribution in [-0.4, -0.2) is 10.2 Å². The molecule has 0 radical (unpaired) electrons. The molecule has 1 fully saturated rings. The molecule has 0 amide bonds. The van der Waals surface area contributed by atoms with Gasteiger partial charge in [-0.05, 0) is 79.4 Å². The van der Waals surface area contributed by atoms with Crippen molar-refractivity contribution in [2.24, 2.45) is 10.8 Å². The highest BCUT2D eigenvalue weighted by atomic mass is 16.3. The van der Waals surface area contributed by atoms with Crippen LogP contribution in [0.4, 0.5) is 0 Å². The standard InChI is InChI=1S/C22H36O2/c1-21(2,3)11-7-6-10-18-15-17(16-19(23)20(18)24)9-5-8-12-22(4)13-14-22/h15-16,23-24H,5-14H2,1-4H3. The van der Waals surface area contributed by atoms with Crippen LogP contribution in [0.3, 0.4) is 0 Å². The van der Waals surface area contributed by atoms with Gasteiger partial charge < -0.3 is 10.2 Å². The number of benzene rings is 1. The summed E-state index contributed by atoms with van der Waals surface area (Å²) in [4.78, 5) is 0. The van der Waals surface area contributed by atoms with Crippen molar-refractivity contribution in [1.82, 2.24) is 0 Å². The first-order valence-electron chi connectivity index (χ1n) is 9.72. The normalized spacial score (nSPS) is 16.3. The third kappa shape index (κ3) is 6.37. The van der Waals surface area contributed by atoms with Crippen LogP contribution in [0.1, 0.15) is 90.2 Å². The van der Waals surface area contributed by atoms with E-state index in [2.05, 4.69) is 33.8 Å². The number of rotatable bonds is 9. The third-order valence-electron chi connectivity index (χ3n) is 5.45. The summed E-state index contributed by atoms with van der Waals surface area (Å²) in [5.74, 6) is 0.132. The zero-order valence-electron chi connectivity index (χ0n) is 16.1. The largest absolute Gasteiger partial charge is 0.504 e. The maximum Gasteiger partial charge on any atom is 0.160 e. The van der Waals surface area contributed by atoms with E-state index in [4.69, 9.17) is 0 Å². The van der Waals surface area contributed by atoms with E-state index in [-0.39, 0.29) is 11.5 Å². The lowest BCUT2D eigenvalue weighted by molar-refractivity contribution is 0.359. The Kier molecular flexibility index (Phi) is 6.22. The number of unbranched alkanes of at least 4 members (excludes halogenated alkanes) is 2. The molecule has 0 spiro atoms. The Morgan fingerprint density at radius 3 is 2.25 bits per heavy atom. The third-order valence-corrected chi connectivity index (χ3v) is 5.45. The molecule has 0 bridgehead atoms. The smallest absolute Gasteiger partial charge is 0.160 e. The Labute approximate surface area is 148 Å². The predicted octanol–water partition coefficient (Wildman–Crippen LogP) is 6.37. The number of aromatic hydroxyl groups is 2. The monoisotopic (exact) mass is 332 g/mol. The molecule has 0 aliphatic heterocycles. The van der Waals surface area contributed by atoms with Gasteiger partial charge in [0.2, 0.25) is 0 Å². The molecule has 1 aromatic carbocycles. The van der Waals surface area contributed by atoms with Crippen molar-refractivity contribution in [1.29, 1.82) is 0 Å². The van der Waals surface area contributed by atoms with Crippen LogP contribution in [0.5, 0.6) is 11.5 Å². The molecule has 1 aliphatic carbocycles. The van der Waals surface area contributed by atoms with Gasteiger partial charge in [0.05, 0.1) is 0 Å². The lowest BCUT2D eigenvalue weighted by atomic mass is 9.89. The molecule has 0 saturated heterocycles. The molecule has 136 valence electrons. The summed E-state index contributed by atoms with van der Waals surface area (Å²) in [5.41, 5.74) is 3.07. The highest BCUT2D eigenvalue weighted by Crippen LogP contribution is 2.49. The summed E-state index contributed by atoms with van der Waals surface area (Å²) >= 11 is 0. The van der Waals surface area contributed by atoms with Crippen LogP contribution in [0.2, 0.25) is 0 Å². The molecular weight excluding hydrogens is 296 g/mol. The maximum absolute atomic E-state index is 10.1. The van der Waals surface area contributed by atoms with Crippen LogP contribution in [0, 0.1) is 10.8 Å². The van der Waals surface area contributed by atoms with Crippen LogP contribution in [0.25, 0.3) is 0 Å². The molecule has 0 unspecified atom stereocenters. The molecule has 1 aliphatic rings. The first-order valence-corrected chi connectivity index (χ1v) is 9.72. The Hall–Kier alpha value is -1.18. The average molecular weight is 333 g/mol. The van der Waals surface area contributed by atoms with Gasteiger partial charge in [0, 0.05) is 0 Å². The molecule has 0 heterocycles. The summed E-state index contributed by atoms with van der Waals surface area (Å²) in [6, 6.07) is 3.85. The van der Waals surface area contributed by atoms with E-state index < -0.39 is 0 Å². The SMILES string of the molecule is CC(C)(C)CCCCc1cc(CCCCC2(C)CC2)cc(O)c1O. The Balaban J connectivity index is 1.82. The molecule has 2 nitrogen and oxygen atoms in total. The van der Waals surface area contributed by atoms with Crippen LogP contribution < -0.4 is 0 Å². The summed E-state index contributed by atoms with van der Waals surface area (Å²) in [6.45, 7) is 9.17. The van der Waals surface area contributed by atoms with Crippen molar-refractivity contribution in [3.8, 4) is 11.5 Å². The highest BCUT2D eigenvalue weighted by Gasteiger charge is 2.35. The highest BCUT2D eigenvalue weighted by molar-refractivity contribution is 5.47. The van der Waals surface area contributed by atoms with E-state index >= 15 is 0 Å². The number of hydrogen-bond acceptors (Lipinski definition) is 2. The summed E-state index contributed by atoms with van der Waals surface area (Å²) in [6.07, 6.45) is 11.8. The zero-order chi connectivity index (χ0) is 17.8. The van der Waals surface area contributed by atoms with Gasteiger partial charge in [0.25, 0.3) is 0 Å². The molecule has 0 aromatic heterocycles. The van der Waals surface area contributed by atoms with E-state index in [9.17, 15) is 10.2 Å². The van der Waals surface area contributed by atoms with Crippen molar-refractivity contribution < 1.29 is 10.2 Å². The average Bonchev–Trinajstić information content (AvgIpc) is 3.21. The first-order chi connectivity index (χ1) is 11.2. The molecule has 1 aromatic rings. The number of phenolic OH excluding ortho intramolecular Hbond substituents is 2. The molecule has 1 saturated carbocycles. The van der Waals surface area contributed by atoms with Gasteiger partial charge in [0.15, 0.2) is 11.5 Å². The lowest BCUT2D eigenvalue weighted by Gasteiger charge is -2.17. The van der Waals surface area contributed by atoms with Gasteiger partial charge in [-0.15, -0.1) is 0 Å². The van der Waals surface area contributed by atoms with E-state index in [1.165, 1.54) is 38.5 Å². The Morgan fingerprint density at radius 1 is 0.958 bits per heavy atom. The minimum atomic E-state index is 0.0486. The van der Waals surface area contributed by atoms with E-state index in [1.807, 2.05) is 0 Å². The fourth-order valence-electron chi connectivity index (χ4n) is 3.39. The molecule has 24 heavy (non-hydrogen) atoms. The van der Waals surface area contributed by atoms with E-state index in [0.29, 0.717) is 10.8 Å². The number of aryl methyl sites for hydroxylation is 2. The first kappa shape index (κ1) is 19.1. The molecule has 0 atom stereocenters. The van der Waals surface area contributed by atoms with Crippen molar-refractivity contribution in [3.63, 3.8) is 0 Å². The Morgan fingerprint density at radius 2 is 1.62 bits per heavy atom. The molecular formula is C22H36O2. The fourth-order valence-corrected chi connectivity index (χ4v) is 3.39. The summed E-state index contributed by atoms with van der Waals surface area (Å²) in [5, 5.41) is 20.1. The molecule has 2 heteroatoms. The Bertz CT molecular complexity index is 536. The number of hydrogen-bond donors (Lipinski definition) is 2. The van der Waals surface area contributed by atoms with Gasteiger partial charge >= 0.3 is 0 Å². The van der Waals surface area contributed by atoms with Crippen molar-refractivity contribution in [3.05, 3.63) is 23.3 Å². The predicted molar refractivity (Wildman–Crippen MR) is 102 cm³/mol. The van der Waals surface area contributed by atoms with Crippen molar-refractivity contribution in [2.75, 3.05) is 0 Å². The van der Waals surface area contributed by atoms with Gasteiger partial charge in [-0.2, -0.15) is 0 Å². The van der Waals surface area contributed by atoms with Gasteiger partial charge in [0.1, 0.15) is 0 Å². The van der Waals surface area contributed by atoms with Gasteiger partial charge in [-0.3, -0.25) is 0 Å². The molecule has 2 N–H and O–H groups in total. The summed E-state index contributed by atoms with van der Waals surface area (Å²) < 4.78 is 0. The van der Waals surface area contributed by atoms with Gasteiger partial charge in [-0.1, -0.05) is 46.6 Å². The van der Waals surface area contributed by atoms with Gasteiger partial charge in [-0.25, -0.2) is 0 Å². The van der Waals surface area contributed by atoms with Crippen LogP contribution >= 0.6 is 0 Å². The fraction of sp³-hybridized carbons (Fsp3) is 0.727. The second-order valence-electron chi connectivity index (χ2n) is 9.41. The topological polar surface area (TPSA) is 40.5 Å². The molecule has 2 rings (SSSR count). The van der Waals surface area contributed by atoms with Crippen molar-refractivity contribution in [2.45, 2.75) is 91.9 Å². The number of phenols is 2. The van der Waals surface area contributed by atoms with Crippen LogP contribution in [0.15, 0.2) is 12.1 Å².